The summed E-state index contributed by atoms with van der Waals surface area (Å²) in [6.07, 6.45) is 0.425. The molecule has 1 saturated heterocycles. The number of amides is 1. The van der Waals surface area contributed by atoms with E-state index < -0.39 is 0 Å². The molecule has 5 rings (SSSR count). The number of aryl methyl sites for hydroxylation is 1. The van der Waals surface area contributed by atoms with Gasteiger partial charge in [0.2, 0.25) is 5.91 Å². The molecule has 6 heteroatoms. The Morgan fingerprint density at radius 3 is 2.69 bits per heavy atom. The van der Waals surface area contributed by atoms with Crippen molar-refractivity contribution in [2.24, 2.45) is 0 Å². The minimum Gasteiger partial charge on any atom is -0.492 e. The number of hydrogen-bond acceptors (Lipinski definition) is 3. The lowest BCUT2D eigenvalue weighted by Crippen LogP contribution is -2.24. The quantitative estimate of drug-likeness (QED) is 0.388. The third-order valence-corrected chi connectivity index (χ3v) is 6.13. The second-order valence-electron chi connectivity index (χ2n) is 8.16. The average molecular weight is 446 g/mol. The summed E-state index contributed by atoms with van der Waals surface area (Å²) in [4.78, 5) is 19.6. The number of nitrogens with zero attached hydrogens (tertiary/aromatic N) is 3. The normalized spacial score (nSPS) is 16.1. The van der Waals surface area contributed by atoms with Gasteiger partial charge in [-0.15, -0.1) is 0 Å². The number of carbonyl (C=O) groups is 1. The lowest BCUT2D eigenvalue weighted by molar-refractivity contribution is -0.117. The molecule has 2 heterocycles. The molecular formula is C26H24ClN3O2. The first-order valence-corrected chi connectivity index (χ1v) is 11.2. The Labute approximate surface area is 192 Å². The predicted octanol–water partition coefficient (Wildman–Crippen LogP) is 5.60. The van der Waals surface area contributed by atoms with E-state index in [-0.39, 0.29) is 11.8 Å². The number of para-hydroxylation sites is 2. The number of halogens is 1. The SMILES string of the molecule is Cc1ccc(OCCn2c(C3CC(=O)N(c4cccc(Cl)c4)C3)nc3ccccc32)cc1. The summed E-state index contributed by atoms with van der Waals surface area (Å²) >= 11 is 6.15. The third-order valence-electron chi connectivity index (χ3n) is 5.90. The van der Waals surface area contributed by atoms with Crippen LogP contribution >= 0.6 is 11.6 Å². The molecule has 1 aromatic heterocycles. The van der Waals surface area contributed by atoms with E-state index in [9.17, 15) is 4.79 Å². The Bertz CT molecular complexity index is 1270. The van der Waals surface area contributed by atoms with Gasteiger partial charge in [-0.3, -0.25) is 4.79 Å². The Kier molecular flexibility index (Phi) is 5.58. The molecule has 0 N–H and O–H groups in total. The number of rotatable bonds is 6. The lowest BCUT2D eigenvalue weighted by atomic mass is 10.1. The molecular weight excluding hydrogens is 422 g/mol. The Morgan fingerprint density at radius 1 is 1.06 bits per heavy atom. The maximum absolute atomic E-state index is 12.8. The molecule has 0 aliphatic carbocycles. The molecule has 32 heavy (non-hydrogen) atoms. The van der Waals surface area contributed by atoms with Crippen molar-refractivity contribution in [3.63, 3.8) is 0 Å². The summed E-state index contributed by atoms with van der Waals surface area (Å²) in [5.74, 6) is 1.88. The molecule has 1 atom stereocenters. The number of benzene rings is 3. The highest BCUT2D eigenvalue weighted by Gasteiger charge is 2.34. The van der Waals surface area contributed by atoms with Crippen LogP contribution in [0.5, 0.6) is 5.75 Å². The highest BCUT2D eigenvalue weighted by atomic mass is 35.5. The van der Waals surface area contributed by atoms with E-state index in [1.807, 2.05) is 71.6 Å². The molecule has 3 aromatic carbocycles. The van der Waals surface area contributed by atoms with Crippen molar-refractivity contribution >= 4 is 34.2 Å². The molecule has 0 bridgehead atoms. The molecule has 4 aromatic rings. The molecule has 0 radical (unpaired) electrons. The minimum absolute atomic E-state index is 0.00764. The van der Waals surface area contributed by atoms with Crippen LogP contribution in [0.2, 0.25) is 5.02 Å². The van der Waals surface area contributed by atoms with Gasteiger partial charge in [0.25, 0.3) is 0 Å². The second-order valence-corrected chi connectivity index (χ2v) is 8.59. The molecule has 0 saturated carbocycles. The van der Waals surface area contributed by atoms with Crippen molar-refractivity contribution in [3.05, 3.63) is 89.2 Å². The molecule has 1 aliphatic rings. The molecule has 1 fully saturated rings. The van der Waals surface area contributed by atoms with Crippen molar-refractivity contribution in [2.45, 2.75) is 25.8 Å². The van der Waals surface area contributed by atoms with E-state index >= 15 is 0 Å². The fourth-order valence-corrected chi connectivity index (χ4v) is 4.49. The zero-order valence-electron chi connectivity index (χ0n) is 17.9. The van der Waals surface area contributed by atoms with Gasteiger partial charge in [-0.05, 0) is 49.4 Å². The van der Waals surface area contributed by atoms with Crippen LogP contribution in [0.25, 0.3) is 11.0 Å². The number of carbonyl (C=O) groups excluding carboxylic acids is 1. The van der Waals surface area contributed by atoms with Crippen LogP contribution in [0, 0.1) is 6.92 Å². The van der Waals surface area contributed by atoms with E-state index in [0.717, 1.165) is 28.3 Å². The molecule has 162 valence electrons. The first-order valence-electron chi connectivity index (χ1n) is 10.8. The van der Waals surface area contributed by atoms with Crippen LogP contribution in [0.3, 0.4) is 0 Å². The zero-order valence-corrected chi connectivity index (χ0v) is 18.6. The summed E-state index contributed by atoms with van der Waals surface area (Å²) < 4.78 is 8.18. The van der Waals surface area contributed by atoms with Gasteiger partial charge < -0.3 is 14.2 Å². The van der Waals surface area contributed by atoms with Gasteiger partial charge in [-0.25, -0.2) is 4.98 Å². The number of anilines is 1. The van der Waals surface area contributed by atoms with Gasteiger partial charge in [-0.1, -0.05) is 47.5 Å². The van der Waals surface area contributed by atoms with Crippen LogP contribution in [0.1, 0.15) is 23.7 Å². The lowest BCUT2D eigenvalue weighted by Gasteiger charge is -2.18. The Balaban J connectivity index is 1.40. The molecule has 1 aliphatic heterocycles. The van der Waals surface area contributed by atoms with E-state index in [2.05, 4.69) is 17.6 Å². The highest BCUT2D eigenvalue weighted by molar-refractivity contribution is 6.30. The van der Waals surface area contributed by atoms with Gasteiger partial charge in [0.15, 0.2) is 0 Å². The highest BCUT2D eigenvalue weighted by Crippen LogP contribution is 2.34. The zero-order chi connectivity index (χ0) is 22.1. The number of hydrogen-bond donors (Lipinski definition) is 0. The van der Waals surface area contributed by atoms with Crippen LogP contribution in [0.4, 0.5) is 5.69 Å². The fourth-order valence-electron chi connectivity index (χ4n) is 4.30. The van der Waals surface area contributed by atoms with E-state index in [1.54, 1.807) is 0 Å². The van der Waals surface area contributed by atoms with Crippen molar-refractivity contribution in [1.82, 2.24) is 9.55 Å². The van der Waals surface area contributed by atoms with Gasteiger partial charge in [-0.2, -0.15) is 0 Å². The summed E-state index contributed by atoms with van der Waals surface area (Å²) in [5, 5.41) is 0.624. The van der Waals surface area contributed by atoms with Gasteiger partial charge in [0.1, 0.15) is 18.2 Å². The molecule has 5 nitrogen and oxygen atoms in total. The molecule has 0 spiro atoms. The van der Waals surface area contributed by atoms with Crippen LogP contribution < -0.4 is 9.64 Å². The van der Waals surface area contributed by atoms with E-state index in [0.29, 0.717) is 31.1 Å². The molecule has 1 amide bonds. The smallest absolute Gasteiger partial charge is 0.227 e. The summed E-state index contributed by atoms with van der Waals surface area (Å²) in [6.45, 7) is 3.82. The first kappa shape index (κ1) is 20.6. The maximum atomic E-state index is 12.8. The summed E-state index contributed by atoms with van der Waals surface area (Å²) in [6, 6.07) is 23.6. The van der Waals surface area contributed by atoms with Crippen LogP contribution in [-0.2, 0) is 11.3 Å². The standard InChI is InChI=1S/C26H24ClN3O2/c1-18-9-11-22(12-10-18)32-14-13-29-24-8-3-2-7-23(24)28-26(29)19-15-25(31)30(17-19)21-6-4-5-20(27)16-21/h2-12,16,19H,13-15,17H2,1H3. The van der Waals surface area contributed by atoms with E-state index in [1.165, 1.54) is 5.56 Å². The predicted molar refractivity (Wildman–Crippen MR) is 128 cm³/mol. The number of ether oxygens (including phenoxy) is 1. The van der Waals surface area contributed by atoms with Crippen molar-refractivity contribution < 1.29 is 9.53 Å². The third kappa shape index (κ3) is 4.08. The average Bonchev–Trinajstić information content (AvgIpc) is 3.36. The van der Waals surface area contributed by atoms with E-state index in [4.69, 9.17) is 21.3 Å². The Hall–Kier alpha value is -3.31. The van der Waals surface area contributed by atoms with Crippen LogP contribution in [-0.4, -0.2) is 28.6 Å². The largest absolute Gasteiger partial charge is 0.492 e. The van der Waals surface area contributed by atoms with Crippen molar-refractivity contribution in [1.29, 1.82) is 0 Å². The van der Waals surface area contributed by atoms with Crippen molar-refractivity contribution in [3.8, 4) is 5.75 Å². The topological polar surface area (TPSA) is 47.4 Å². The minimum atomic E-state index is 0.00764. The summed E-state index contributed by atoms with van der Waals surface area (Å²) in [5.41, 5.74) is 4.03. The van der Waals surface area contributed by atoms with Crippen molar-refractivity contribution in [2.75, 3.05) is 18.1 Å². The Morgan fingerprint density at radius 2 is 1.88 bits per heavy atom. The van der Waals surface area contributed by atoms with Gasteiger partial charge in [0, 0.05) is 29.6 Å². The summed E-state index contributed by atoms with van der Waals surface area (Å²) in [7, 11) is 0. The second kappa shape index (κ2) is 8.67. The fraction of sp³-hybridized carbons (Fsp3) is 0.231. The first-order chi connectivity index (χ1) is 15.6. The van der Waals surface area contributed by atoms with Crippen LogP contribution in [0.15, 0.2) is 72.8 Å². The van der Waals surface area contributed by atoms with Gasteiger partial charge >= 0.3 is 0 Å². The number of fused-ring (bicyclic) bond motifs is 1. The molecule has 1 unspecified atom stereocenters. The number of imidazole rings is 1. The number of aromatic nitrogens is 2. The van der Waals surface area contributed by atoms with Gasteiger partial charge in [0.05, 0.1) is 17.6 Å². The monoisotopic (exact) mass is 445 g/mol. The maximum Gasteiger partial charge on any atom is 0.227 e.